The molecule has 0 heterocycles. The zero-order chi connectivity index (χ0) is 29.8. The number of aryl methyl sites for hydroxylation is 1. The molecule has 0 unspecified atom stereocenters. The molecule has 0 aliphatic rings. The Morgan fingerprint density at radius 3 is 1.56 bits per heavy atom. The van der Waals surface area contributed by atoms with Gasteiger partial charge in [0.25, 0.3) is 0 Å². The lowest BCUT2D eigenvalue weighted by Gasteiger charge is -2.05. The number of hydrogen-bond donors (Lipinski definition) is 0. The smallest absolute Gasteiger partial charge is 0.447 e. The summed E-state index contributed by atoms with van der Waals surface area (Å²) in [6.07, 6.45) is 5.34. The number of amides is 2. The van der Waals surface area contributed by atoms with E-state index in [0.29, 0.717) is 11.3 Å². The number of carbonyl (C=O) groups is 2. The molecule has 0 aliphatic carbocycles. The van der Waals surface area contributed by atoms with E-state index in [1.807, 2.05) is 6.92 Å². The molecule has 0 aliphatic heterocycles. The molecule has 2 amide bonds. The predicted molar refractivity (Wildman–Crippen MR) is 150 cm³/mol. The lowest BCUT2D eigenvalue weighted by atomic mass is 10.1. The molecule has 0 saturated heterocycles. The first-order chi connectivity index (χ1) is 20.0. The minimum absolute atomic E-state index is 0.113. The van der Waals surface area contributed by atoms with Crippen LogP contribution in [0, 0.1) is 138 Å². The van der Waals surface area contributed by atoms with Crippen molar-refractivity contribution in [2.75, 3.05) is 6.61 Å². The van der Waals surface area contributed by atoms with Crippen LogP contribution in [0.5, 0.6) is 5.75 Å². The second kappa shape index (κ2) is 22.0. The highest BCUT2D eigenvalue weighted by Crippen LogP contribution is 2.17. The molecular weight excluding hydrogens is 516 g/mol. The van der Waals surface area contributed by atoms with Crippen LogP contribution in [-0.2, 0) is 16.1 Å². The van der Waals surface area contributed by atoms with E-state index in [0.717, 1.165) is 5.56 Å². The van der Waals surface area contributed by atoms with Gasteiger partial charge in [0.15, 0.2) is 0 Å². The van der Waals surface area contributed by atoms with E-state index in [9.17, 15) is 9.59 Å². The summed E-state index contributed by atoms with van der Waals surface area (Å²) in [4.78, 5) is 22.6. The Morgan fingerprint density at radius 2 is 1.10 bits per heavy atom. The average molecular weight is 530 g/mol. The highest BCUT2D eigenvalue weighted by Gasteiger charge is 2.06. The summed E-state index contributed by atoms with van der Waals surface area (Å²) >= 11 is 0. The lowest BCUT2D eigenvalue weighted by Crippen LogP contribution is -2.02. The third-order valence-electron chi connectivity index (χ3n) is 3.37. The topological polar surface area (TPSA) is 86.5 Å². The zero-order valence-corrected chi connectivity index (χ0v) is 21.7. The minimum Gasteiger partial charge on any atom is -0.447 e. The largest absolute Gasteiger partial charge is 0.452 e. The van der Waals surface area contributed by atoms with Gasteiger partial charge in [-0.05, 0) is 84.5 Å². The SMILES string of the molecule is C#CC#CC#CC#CC#CC#CC#CC#CC#CC#CC#COc1cc(C)cc(COC(=O)N=NC(=O)OCC)c1. The summed E-state index contributed by atoms with van der Waals surface area (Å²) in [5.41, 5.74) is 1.44. The Morgan fingerprint density at radius 1 is 0.659 bits per heavy atom. The first-order valence-electron chi connectivity index (χ1n) is 11.0. The van der Waals surface area contributed by atoms with Gasteiger partial charge in [0.1, 0.15) is 18.5 Å². The number of rotatable bonds is 4. The molecule has 0 radical (unpaired) electrons. The van der Waals surface area contributed by atoms with Crippen molar-refractivity contribution in [3.63, 3.8) is 0 Å². The third-order valence-corrected chi connectivity index (χ3v) is 3.37. The number of nitrogens with zero attached hydrogens (tertiary/aromatic N) is 2. The summed E-state index contributed by atoms with van der Waals surface area (Å²) in [6.45, 7) is 3.41. The van der Waals surface area contributed by atoms with E-state index in [2.05, 4.69) is 139 Å². The monoisotopic (exact) mass is 530 g/mol. The van der Waals surface area contributed by atoms with E-state index >= 15 is 0 Å². The maximum Gasteiger partial charge on any atom is 0.452 e. The Bertz CT molecular complexity index is 1890. The van der Waals surface area contributed by atoms with E-state index in [-0.39, 0.29) is 13.2 Å². The second-order valence-corrected chi connectivity index (χ2v) is 6.33. The number of terminal acetylenes is 1. The Kier molecular flexibility index (Phi) is 17.0. The molecular formula is C34H14N2O5. The summed E-state index contributed by atoms with van der Waals surface area (Å²) < 4.78 is 14.8. The highest BCUT2D eigenvalue weighted by atomic mass is 16.6. The van der Waals surface area contributed by atoms with Crippen LogP contribution in [0.15, 0.2) is 28.4 Å². The molecule has 0 fully saturated rings. The van der Waals surface area contributed by atoms with Crippen molar-refractivity contribution in [3.8, 4) is 137 Å². The molecule has 7 heteroatoms. The van der Waals surface area contributed by atoms with Crippen LogP contribution in [0.2, 0.25) is 0 Å². The minimum atomic E-state index is -1.04. The van der Waals surface area contributed by atoms with Crippen LogP contribution >= 0.6 is 0 Å². The normalized spacial score (nSPS) is 7.05. The fourth-order valence-corrected chi connectivity index (χ4v) is 2.05. The molecule has 190 valence electrons. The molecule has 0 N–H and O–H groups in total. The number of ether oxygens (including phenoxy) is 3. The first-order valence-corrected chi connectivity index (χ1v) is 11.0. The van der Waals surface area contributed by atoms with Gasteiger partial charge in [-0.3, -0.25) is 0 Å². The van der Waals surface area contributed by atoms with E-state index in [1.165, 1.54) is 0 Å². The van der Waals surface area contributed by atoms with Gasteiger partial charge < -0.3 is 14.2 Å². The summed E-state index contributed by atoms with van der Waals surface area (Å²) in [6, 6.07) is 5.11. The van der Waals surface area contributed by atoms with Crippen LogP contribution in [0.3, 0.4) is 0 Å². The molecule has 0 bridgehead atoms. The molecule has 0 aromatic heterocycles. The van der Waals surface area contributed by atoms with Gasteiger partial charge in [0.05, 0.1) is 6.61 Å². The number of benzene rings is 1. The van der Waals surface area contributed by atoms with Gasteiger partial charge in [-0.1, -0.05) is 16.3 Å². The fourth-order valence-electron chi connectivity index (χ4n) is 2.05. The summed E-state index contributed by atoms with van der Waals surface area (Å²) in [5.74, 6) is 49.4. The van der Waals surface area contributed by atoms with Gasteiger partial charge in [-0.15, -0.1) is 6.42 Å². The van der Waals surface area contributed by atoms with Crippen molar-refractivity contribution in [3.05, 3.63) is 29.3 Å². The van der Waals surface area contributed by atoms with Crippen LogP contribution in [0.25, 0.3) is 0 Å². The molecule has 41 heavy (non-hydrogen) atoms. The number of azo groups is 1. The van der Waals surface area contributed by atoms with Crippen molar-refractivity contribution in [1.29, 1.82) is 0 Å². The van der Waals surface area contributed by atoms with Crippen molar-refractivity contribution in [2.24, 2.45) is 10.2 Å². The van der Waals surface area contributed by atoms with E-state index < -0.39 is 12.2 Å². The standard InChI is InChI=1S/C34H14N2O5/c1-4-6-7-8-9-10-11-12-13-14-15-16-17-18-19-20-21-22-23-24-25-40-32-27-30(3)26-31(28-32)29-41-34(38)36-35-33(37)39-5-2/h1,26-28H,5,29H2,2-3H3. The van der Waals surface area contributed by atoms with Crippen molar-refractivity contribution in [2.45, 2.75) is 20.5 Å². The molecule has 1 rings (SSSR count). The number of carbonyl (C=O) groups excluding carboxylic acids is 2. The third kappa shape index (κ3) is 18.6. The lowest BCUT2D eigenvalue weighted by molar-refractivity contribution is 0.144. The first kappa shape index (κ1) is 31.7. The Balaban J connectivity index is 2.54. The van der Waals surface area contributed by atoms with Crippen molar-refractivity contribution in [1.82, 2.24) is 0 Å². The zero-order valence-electron chi connectivity index (χ0n) is 21.7. The second-order valence-electron chi connectivity index (χ2n) is 6.33. The van der Waals surface area contributed by atoms with E-state index in [4.69, 9.17) is 15.9 Å². The quantitative estimate of drug-likeness (QED) is 0.441. The van der Waals surface area contributed by atoms with Gasteiger partial charge in [0.2, 0.25) is 0 Å². The van der Waals surface area contributed by atoms with Gasteiger partial charge in [-0.2, -0.15) is 0 Å². The van der Waals surface area contributed by atoms with Crippen molar-refractivity contribution < 1.29 is 23.8 Å². The molecule has 0 atom stereocenters. The molecule has 0 saturated carbocycles. The van der Waals surface area contributed by atoms with Crippen LogP contribution in [0.4, 0.5) is 9.59 Å². The fraction of sp³-hybridized carbons (Fsp3) is 0.118. The molecule has 0 spiro atoms. The van der Waals surface area contributed by atoms with Gasteiger partial charge >= 0.3 is 12.2 Å². The maximum atomic E-state index is 11.6. The number of hydrogen-bond acceptors (Lipinski definition) is 5. The Hall–Kier alpha value is -7.28. The highest BCUT2D eigenvalue weighted by molar-refractivity contribution is 5.73. The Labute approximate surface area is 239 Å². The predicted octanol–water partition coefficient (Wildman–Crippen LogP) is 3.24. The van der Waals surface area contributed by atoms with Crippen LogP contribution in [-0.4, -0.2) is 18.8 Å². The summed E-state index contributed by atoms with van der Waals surface area (Å²) in [5, 5.41) is 6.18. The van der Waals surface area contributed by atoms with Crippen LogP contribution < -0.4 is 4.74 Å². The van der Waals surface area contributed by atoms with Crippen molar-refractivity contribution >= 4 is 12.2 Å². The van der Waals surface area contributed by atoms with Gasteiger partial charge in [-0.25, -0.2) is 9.59 Å². The van der Waals surface area contributed by atoms with E-state index in [1.54, 1.807) is 25.1 Å². The average Bonchev–Trinajstić information content (AvgIpc) is 2.95. The maximum absolute atomic E-state index is 11.6. The summed E-state index contributed by atoms with van der Waals surface area (Å²) in [7, 11) is 0. The molecule has 1 aromatic carbocycles. The van der Waals surface area contributed by atoms with Gasteiger partial charge in [0, 0.05) is 71.0 Å². The molecule has 1 aromatic rings. The molecule has 7 nitrogen and oxygen atoms in total. The van der Waals surface area contributed by atoms with Crippen LogP contribution in [0.1, 0.15) is 18.1 Å².